The SMILES string of the molecule is CC(C)CC(NC(=O)C(C)NC(=O)CN)C(=O)NC(CCC(=O)O)C(=O)O. The van der Waals surface area contributed by atoms with E-state index in [2.05, 4.69) is 16.0 Å². The molecule has 3 atom stereocenters. The lowest BCUT2D eigenvalue weighted by atomic mass is 10.0. The van der Waals surface area contributed by atoms with Crippen LogP contribution in [0.4, 0.5) is 0 Å². The molecule has 7 N–H and O–H groups in total. The predicted molar refractivity (Wildman–Crippen MR) is 94.5 cm³/mol. The van der Waals surface area contributed by atoms with Crippen LogP contribution in [-0.4, -0.2) is 64.5 Å². The van der Waals surface area contributed by atoms with Crippen LogP contribution < -0.4 is 21.7 Å². The van der Waals surface area contributed by atoms with Gasteiger partial charge in [-0.15, -0.1) is 0 Å². The zero-order valence-corrected chi connectivity index (χ0v) is 15.7. The Bertz CT molecular complexity index is 565. The van der Waals surface area contributed by atoms with Crippen LogP contribution in [0.3, 0.4) is 0 Å². The Balaban J connectivity index is 5.06. The van der Waals surface area contributed by atoms with Gasteiger partial charge < -0.3 is 31.9 Å². The third kappa shape index (κ3) is 10.1. The highest BCUT2D eigenvalue weighted by molar-refractivity contribution is 5.93. The molecule has 0 aromatic rings. The summed E-state index contributed by atoms with van der Waals surface area (Å²) in [6, 6.07) is -3.37. The van der Waals surface area contributed by atoms with Crippen molar-refractivity contribution in [3.05, 3.63) is 0 Å². The van der Waals surface area contributed by atoms with Crippen molar-refractivity contribution in [1.29, 1.82) is 0 Å². The van der Waals surface area contributed by atoms with Crippen LogP contribution in [0, 0.1) is 5.92 Å². The number of amides is 3. The van der Waals surface area contributed by atoms with Gasteiger partial charge in [-0.05, 0) is 25.7 Å². The molecule has 11 nitrogen and oxygen atoms in total. The molecule has 0 heterocycles. The molecular weight excluding hydrogens is 360 g/mol. The first kappa shape index (κ1) is 24.3. The highest BCUT2D eigenvalue weighted by Crippen LogP contribution is 2.07. The summed E-state index contributed by atoms with van der Waals surface area (Å²) in [5.41, 5.74) is 5.16. The van der Waals surface area contributed by atoms with Crippen LogP contribution in [0.25, 0.3) is 0 Å². The van der Waals surface area contributed by atoms with Gasteiger partial charge in [-0.1, -0.05) is 13.8 Å². The summed E-state index contributed by atoms with van der Waals surface area (Å²) in [5.74, 6) is -4.48. The normalized spacial score (nSPS) is 14.0. The van der Waals surface area contributed by atoms with Gasteiger partial charge in [0.25, 0.3) is 0 Å². The molecule has 0 rings (SSSR count). The highest BCUT2D eigenvalue weighted by atomic mass is 16.4. The Kier molecular flexibility index (Phi) is 10.7. The molecule has 0 aromatic carbocycles. The number of nitrogens with one attached hydrogen (secondary N) is 3. The molecule has 0 saturated carbocycles. The molecule has 0 bridgehead atoms. The molecule has 0 aliphatic rings. The standard InChI is InChI=1S/C16H28N4O7/c1-8(2)6-11(20-14(24)9(3)18-12(21)7-17)15(25)19-10(16(26)27)4-5-13(22)23/h8-11H,4-7,17H2,1-3H3,(H,18,21)(H,19,25)(H,20,24)(H,22,23)(H,26,27). The number of hydrogen-bond donors (Lipinski definition) is 6. The summed E-state index contributed by atoms with van der Waals surface area (Å²) < 4.78 is 0. The maximum absolute atomic E-state index is 12.4. The fourth-order valence-electron chi connectivity index (χ4n) is 2.16. The van der Waals surface area contributed by atoms with Crippen LogP contribution in [0.5, 0.6) is 0 Å². The van der Waals surface area contributed by atoms with Crippen molar-refractivity contribution >= 4 is 29.7 Å². The molecule has 0 aromatic heterocycles. The van der Waals surface area contributed by atoms with E-state index < -0.39 is 54.2 Å². The van der Waals surface area contributed by atoms with E-state index in [1.807, 2.05) is 13.8 Å². The number of carboxylic acids is 2. The molecular formula is C16H28N4O7. The first-order valence-corrected chi connectivity index (χ1v) is 8.52. The molecule has 0 saturated heterocycles. The lowest BCUT2D eigenvalue weighted by Gasteiger charge is -2.24. The van der Waals surface area contributed by atoms with E-state index in [4.69, 9.17) is 15.9 Å². The minimum absolute atomic E-state index is 0.00251. The van der Waals surface area contributed by atoms with E-state index in [1.54, 1.807) is 0 Å². The second-order valence-electron chi connectivity index (χ2n) is 6.52. The van der Waals surface area contributed by atoms with Gasteiger partial charge >= 0.3 is 11.9 Å². The summed E-state index contributed by atoms with van der Waals surface area (Å²) >= 11 is 0. The Morgan fingerprint density at radius 3 is 1.89 bits per heavy atom. The van der Waals surface area contributed by atoms with Crippen LogP contribution in [0.1, 0.15) is 40.0 Å². The number of nitrogens with two attached hydrogens (primary N) is 1. The number of carbonyl (C=O) groups is 5. The average Bonchev–Trinajstić information content (AvgIpc) is 2.56. The number of aliphatic carboxylic acids is 2. The molecule has 0 aliphatic carbocycles. The summed E-state index contributed by atoms with van der Waals surface area (Å²) in [7, 11) is 0. The second-order valence-corrected chi connectivity index (χ2v) is 6.52. The molecule has 0 fully saturated rings. The van der Waals surface area contributed by atoms with Gasteiger partial charge in [-0.3, -0.25) is 19.2 Å². The van der Waals surface area contributed by atoms with E-state index in [9.17, 15) is 24.0 Å². The first-order valence-electron chi connectivity index (χ1n) is 8.52. The molecule has 0 aliphatic heterocycles. The van der Waals surface area contributed by atoms with E-state index in [0.717, 1.165) is 0 Å². The number of hydrogen-bond acceptors (Lipinski definition) is 6. The van der Waals surface area contributed by atoms with Gasteiger partial charge in [0.1, 0.15) is 18.1 Å². The van der Waals surface area contributed by atoms with Gasteiger partial charge in [-0.25, -0.2) is 4.79 Å². The fourth-order valence-corrected chi connectivity index (χ4v) is 2.16. The highest BCUT2D eigenvalue weighted by Gasteiger charge is 2.28. The maximum atomic E-state index is 12.4. The quantitative estimate of drug-likeness (QED) is 0.231. The van der Waals surface area contributed by atoms with Crippen molar-refractivity contribution in [3.8, 4) is 0 Å². The topological polar surface area (TPSA) is 188 Å². The summed E-state index contributed by atoms with van der Waals surface area (Å²) in [6.07, 6.45) is -0.497. The van der Waals surface area contributed by atoms with E-state index >= 15 is 0 Å². The van der Waals surface area contributed by atoms with Crippen molar-refractivity contribution < 1.29 is 34.2 Å². The van der Waals surface area contributed by atoms with Crippen LogP contribution in [-0.2, 0) is 24.0 Å². The third-order valence-corrected chi connectivity index (χ3v) is 3.56. The minimum atomic E-state index is -1.39. The summed E-state index contributed by atoms with van der Waals surface area (Å²) in [5, 5.41) is 24.9. The molecule has 0 spiro atoms. The largest absolute Gasteiger partial charge is 0.481 e. The van der Waals surface area contributed by atoms with Gasteiger partial charge in [-0.2, -0.15) is 0 Å². The van der Waals surface area contributed by atoms with Crippen molar-refractivity contribution in [2.24, 2.45) is 11.7 Å². The lowest BCUT2D eigenvalue weighted by molar-refractivity contribution is -0.143. The summed E-state index contributed by atoms with van der Waals surface area (Å²) in [6.45, 7) is 4.74. The van der Waals surface area contributed by atoms with Gasteiger partial charge in [0.2, 0.25) is 17.7 Å². The number of carbonyl (C=O) groups excluding carboxylic acids is 3. The Morgan fingerprint density at radius 1 is 0.889 bits per heavy atom. The Labute approximate surface area is 157 Å². The van der Waals surface area contributed by atoms with E-state index in [-0.39, 0.29) is 25.3 Å². The smallest absolute Gasteiger partial charge is 0.326 e. The van der Waals surface area contributed by atoms with Crippen molar-refractivity contribution in [2.45, 2.75) is 58.2 Å². The molecule has 0 radical (unpaired) electrons. The third-order valence-electron chi connectivity index (χ3n) is 3.56. The van der Waals surface area contributed by atoms with Crippen molar-refractivity contribution in [3.63, 3.8) is 0 Å². The zero-order chi connectivity index (χ0) is 21.1. The minimum Gasteiger partial charge on any atom is -0.481 e. The lowest BCUT2D eigenvalue weighted by Crippen LogP contribution is -2.55. The average molecular weight is 388 g/mol. The molecule has 11 heteroatoms. The molecule has 3 amide bonds. The zero-order valence-electron chi connectivity index (χ0n) is 15.7. The predicted octanol–water partition coefficient (Wildman–Crippen LogP) is -1.59. The number of carboxylic acid groups (broad SMARTS) is 2. The number of rotatable bonds is 12. The van der Waals surface area contributed by atoms with Crippen LogP contribution >= 0.6 is 0 Å². The Morgan fingerprint density at radius 2 is 1.44 bits per heavy atom. The van der Waals surface area contributed by atoms with Gasteiger partial charge in [0.05, 0.1) is 6.54 Å². The van der Waals surface area contributed by atoms with Crippen LogP contribution in [0.15, 0.2) is 0 Å². The first-order chi connectivity index (χ1) is 12.5. The van der Waals surface area contributed by atoms with E-state index in [1.165, 1.54) is 6.92 Å². The monoisotopic (exact) mass is 388 g/mol. The molecule has 27 heavy (non-hydrogen) atoms. The fraction of sp³-hybridized carbons (Fsp3) is 0.688. The van der Waals surface area contributed by atoms with Gasteiger partial charge in [0.15, 0.2) is 0 Å². The molecule has 154 valence electrons. The Hall–Kier alpha value is -2.69. The van der Waals surface area contributed by atoms with Gasteiger partial charge in [0, 0.05) is 6.42 Å². The maximum Gasteiger partial charge on any atom is 0.326 e. The van der Waals surface area contributed by atoms with Crippen molar-refractivity contribution in [1.82, 2.24) is 16.0 Å². The van der Waals surface area contributed by atoms with E-state index in [0.29, 0.717) is 0 Å². The van der Waals surface area contributed by atoms with Crippen LogP contribution in [0.2, 0.25) is 0 Å². The summed E-state index contributed by atoms with van der Waals surface area (Å²) in [4.78, 5) is 57.7. The molecule has 3 unspecified atom stereocenters. The van der Waals surface area contributed by atoms with Crippen molar-refractivity contribution in [2.75, 3.05) is 6.54 Å². The second kappa shape index (κ2) is 11.8.